The van der Waals surface area contributed by atoms with Crippen molar-refractivity contribution in [1.82, 2.24) is 0 Å². The zero-order chi connectivity index (χ0) is 12.4. The number of aliphatic hydroxyl groups is 2. The van der Waals surface area contributed by atoms with E-state index in [9.17, 15) is 10.2 Å². The summed E-state index contributed by atoms with van der Waals surface area (Å²) < 4.78 is 16.5. The van der Waals surface area contributed by atoms with Crippen molar-refractivity contribution in [1.29, 1.82) is 0 Å². The van der Waals surface area contributed by atoms with Gasteiger partial charge in [0.1, 0.15) is 12.2 Å². The van der Waals surface area contributed by atoms with E-state index in [1.54, 1.807) is 0 Å². The maximum atomic E-state index is 9.78. The number of aliphatic hydroxyl groups excluding tert-OH is 2. The zero-order valence-corrected chi connectivity index (χ0v) is 10.4. The summed E-state index contributed by atoms with van der Waals surface area (Å²) in [6.07, 6.45) is 0.637. The van der Waals surface area contributed by atoms with Crippen LogP contribution in [0.15, 0.2) is 0 Å². The van der Waals surface area contributed by atoms with Gasteiger partial charge in [-0.3, -0.25) is 0 Å². The molecule has 5 nitrogen and oxygen atoms in total. The Hall–Kier alpha value is -0.200. The summed E-state index contributed by atoms with van der Waals surface area (Å²) in [6.45, 7) is 3.88. The van der Waals surface area contributed by atoms with Gasteiger partial charge in [-0.2, -0.15) is 0 Å². The molecular formula is C12H22O5. The predicted molar refractivity (Wildman–Crippen MR) is 60.2 cm³/mol. The van der Waals surface area contributed by atoms with Gasteiger partial charge < -0.3 is 24.4 Å². The van der Waals surface area contributed by atoms with Crippen LogP contribution in [-0.2, 0) is 14.2 Å². The lowest BCUT2D eigenvalue weighted by Gasteiger charge is -2.38. The van der Waals surface area contributed by atoms with Crippen LogP contribution in [0.1, 0.15) is 39.5 Å². The standard InChI is InChI=1S/C12H22O5/c1-7-4-6-10(11(14)15-7)17-12-9(13)5-3-8(2)16-12/h7-14H,3-6H2,1-2H3. The first-order valence-electron chi connectivity index (χ1n) is 6.38. The molecule has 0 aromatic heterocycles. The van der Waals surface area contributed by atoms with E-state index in [0.717, 1.165) is 19.3 Å². The molecule has 2 aliphatic rings. The van der Waals surface area contributed by atoms with Gasteiger partial charge in [0.25, 0.3) is 0 Å². The minimum atomic E-state index is -0.924. The SMILES string of the molecule is CC1CCC(OC2OC(C)CCC2O)C(O)O1. The highest BCUT2D eigenvalue weighted by Crippen LogP contribution is 2.26. The third kappa shape index (κ3) is 3.39. The molecule has 0 bridgehead atoms. The van der Waals surface area contributed by atoms with E-state index in [1.807, 2.05) is 13.8 Å². The second-order valence-corrected chi connectivity index (χ2v) is 5.05. The minimum Gasteiger partial charge on any atom is -0.388 e. The Kier molecular flexibility index (Phi) is 4.38. The first kappa shape index (κ1) is 13.2. The molecule has 2 fully saturated rings. The van der Waals surface area contributed by atoms with Crippen molar-refractivity contribution >= 4 is 0 Å². The van der Waals surface area contributed by atoms with Gasteiger partial charge in [0.2, 0.25) is 0 Å². The summed E-state index contributed by atoms with van der Waals surface area (Å²) in [5.74, 6) is 0. The molecule has 0 aliphatic carbocycles. The van der Waals surface area contributed by atoms with Crippen molar-refractivity contribution in [2.45, 2.75) is 76.5 Å². The molecule has 0 saturated carbocycles. The molecule has 6 unspecified atom stereocenters. The van der Waals surface area contributed by atoms with Crippen LogP contribution in [0.25, 0.3) is 0 Å². The highest BCUT2D eigenvalue weighted by atomic mass is 16.7. The highest BCUT2D eigenvalue weighted by molar-refractivity contribution is 4.76. The number of rotatable bonds is 2. The fourth-order valence-electron chi connectivity index (χ4n) is 2.29. The Morgan fingerprint density at radius 2 is 1.59 bits per heavy atom. The third-order valence-electron chi connectivity index (χ3n) is 3.41. The Balaban J connectivity index is 1.86. The smallest absolute Gasteiger partial charge is 0.184 e. The lowest BCUT2D eigenvalue weighted by atomic mass is 10.1. The fourth-order valence-corrected chi connectivity index (χ4v) is 2.29. The van der Waals surface area contributed by atoms with E-state index in [2.05, 4.69) is 0 Å². The average Bonchev–Trinajstić information content (AvgIpc) is 2.27. The zero-order valence-electron chi connectivity index (χ0n) is 10.4. The molecule has 0 aromatic carbocycles. The van der Waals surface area contributed by atoms with E-state index < -0.39 is 24.8 Å². The lowest BCUT2D eigenvalue weighted by molar-refractivity contribution is -0.304. The second-order valence-electron chi connectivity index (χ2n) is 5.05. The number of hydrogen-bond acceptors (Lipinski definition) is 5. The molecule has 17 heavy (non-hydrogen) atoms. The molecule has 0 aromatic rings. The van der Waals surface area contributed by atoms with Gasteiger partial charge >= 0.3 is 0 Å². The van der Waals surface area contributed by atoms with Crippen LogP contribution in [0.4, 0.5) is 0 Å². The van der Waals surface area contributed by atoms with Gasteiger partial charge in [0.05, 0.1) is 12.2 Å². The lowest BCUT2D eigenvalue weighted by Crippen LogP contribution is -2.47. The Morgan fingerprint density at radius 3 is 2.29 bits per heavy atom. The summed E-state index contributed by atoms with van der Waals surface area (Å²) >= 11 is 0. The van der Waals surface area contributed by atoms with Gasteiger partial charge in [-0.1, -0.05) is 0 Å². The van der Waals surface area contributed by atoms with Crippen LogP contribution in [0.2, 0.25) is 0 Å². The molecule has 2 heterocycles. The van der Waals surface area contributed by atoms with Gasteiger partial charge in [0, 0.05) is 0 Å². The van der Waals surface area contributed by atoms with Gasteiger partial charge in [-0.05, 0) is 39.5 Å². The fraction of sp³-hybridized carbons (Fsp3) is 1.00. The van der Waals surface area contributed by atoms with E-state index in [1.165, 1.54) is 0 Å². The molecule has 2 aliphatic heterocycles. The monoisotopic (exact) mass is 246 g/mol. The largest absolute Gasteiger partial charge is 0.388 e. The van der Waals surface area contributed by atoms with Crippen LogP contribution in [-0.4, -0.2) is 47.2 Å². The molecule has 0 spiro atoms. The molecule has 2 rings (SSSR count). The topological polar surface area (TPSA) is 68.2 Å². The molecule has 5 heteroatoms. The molecule has 0 amide bonds. The van der Waals surface area contributed by atoms with Crippen LogP contribution in [0, 0.1) is 0 Å². The van der Waals surface area contributed by atoms with Gasteiger partial charge in [-0.25, -0.2) is 0 Å². The van der Waals surface area contributed by atoms with Crippen LogP contribution < -0.4 is 0 Å². The maximum Gasteiger partial charge on any atom is 0.184 e. The molecule has 2 saturated heterocycles. The maximum absolute atomic E-state index is 9.78. The minimum absolute atomic E-state index is 0.0565. The van der Waals surface area contributed by atoms with Crippen LogP contribution in [0.5, 0.6) is 0 Å². The summed E-state index contributed by atoms with van der Waals surface area (Å²) in [5, 5.41) is 19.5. The van der Waals surface area contributed by atoms with Crippen molar-refractivity contribution < 1.29 is 24.4 Å². The van der Waals surface area contributed by atoms with E-state index in [0.29, 0.717) is 6.42 Å². The van der Waals surface area contributed by atoms with E-state index >= 15 is 0 Å². The molecular weight excluding hydrogens is 224 g/mol. The summed E-state index contributed by atoms with van der Waals surface area (Å²) in [4.78, 5) is 0. The molecule has 0 radical (unpaired) electrons. The second kappa shape index (κ2) is 5.63. The Bertz CT molecular complexity index is 247. The first-order chi connectivity index (χ1) is 8.06. The van der Waals surface area contributed by atoms with Crippen LogP contribution >= 0.6 is 0 Å². The third-order valence-corrected chi connectivity index (χ3v) is 3.41. The quantitative estimate of drug-likeness (QED) is 0.753. The summed E-state index contributed by atoms with van der Waals surface area (Å²) in [5.41, 5.74) is 0. The van der Waals surface area contributed by atoms with Crippen molar-refractivity contribution in [3.63, 3.8) is 0 Å². The average molecular weight is 246 g/mol. The van der Waals surface area contributed by atoms with Crippen molar-refractivity contribution in [3.8, 4) is 0 Å². The van der Waals surface area contributed by atoms with Crippen molar-refractivity contribution in [2.75, 3.05) is 0 Å². The van der Waals surface area contributed by atoms with Crippen LogP contribution in [0.3, 0.4) is 0 Å². The van der Waals surface area contributed by atoms with Crippen molar-refractivity contribution in [2.24, 2.45) is 0 Å². The summed E-state index contributed by atoms with van der Waals surface area (Å²) in [6, 6.07) is 0. The predicted octanol–water partition coefficient (Wildman–Crippen LogP) is 0.775. The summed E-state index contributed by atoms with van der Waals surface area (Å²) in [7, 11) is 0. The van der Waals surface area contributed by atoms with Gasteiger partial charge in [0.15, 0.2) is 12.6 Å². The molecule has 2 N–H and O–H groups in total. The van der Waals surface area contributed by atoms with Gasteiger partial charge in [-0.15, -0.1) is 0 Å². The van der Waals surface area contributed by atoms with Crippen molar-refractivity contribution in [3.05, 3.63) is 0 Å². The molecule has 100 valence electrons. The Labute approximate surface area is 102 Å². The molecule has 6 atom stereocenters. The normalized spacial score (nSPS) is 48.0. The Morgan fingerprint density at radius 1 is 0.941 bits per heavy atom. The number of hydrogen-bond donors (Lipinski definition) is 2. The first-order valence-corrected chi connectivity index (χ1v) is 6.38. The highest BCUT2D eigenvalue weighted by Gasteiger charge is 2.35. The van der Waals surface area contributed by atoms with E-state index in [-0.39, 0.29) is 12.2 Å². The number of ether oxygens (including phenoxy) is 3. The van der Waals surface area contributed by atoms with E-state index in [4.69, 9.17) is 14.2 Å².